The first-order chi connectivity index (χ1) is 9.61. The fourth-order valence-electron chi connectivity index (χ4n) is 2.82. The van der Waals surface area contributed by atoms with Crippen LogP contribution >= 0.6 is 0 Å². The zero-order valence-electron chi connectivity index (χ0n) is 11.5. The summed E-state index contributed by atoms with van der Waals surface area (Å²) in [7, 11) is 0. The number of H-pyrrole nitrogens is 1. The van der Waals surface area contributed by atoms with Crippen molar-refractivity contribution < 1.29 is 9.59 Å². The maximum Gasteiger partial charge on any atom is 0.267 e. The Labute approximate surface area is 118 Å². The minimum Gasteiger partial charge on any atom is -0.366 e. The number of aromatic nitrogens is 1. The molecule has 6 heteroatoms. The molecule has 6 nitrogen and oxygen atoms in total. The van der Waals surface area contributed by atoms with Gasteiger partial charge in [0.25, 0.3) is 5.91 Å². The number of carbonyl (C=O) groups excluding carboxylic acids is 2. The molecule has 1 heterocycles. The van der Waals surface area contributed by atoms with E-state index in [9.17, 15) is 9.59 Å². The van der Waals surface area contributed by atoms with Crippen LogP contribution in [0, 0.1) is 5.92 Å². The Balaban J connectivity index is 1.98. The van der Waals surface area contributed by atoms with Crippen LogP contribution in [0.2, 0.25) is 0 Å². The van der Waals surface area contributed by atoms with Gasteiger partial charge in [-0.1, -0.05) is 19.3 Å². The predicted molar refractivity (Wildman–Crippen MR) is 76.2 cm³/mol. The fourth-order valence-corrected chi connectivity index (χ4v) is 2.82. The van der Waals surface area contributed by atoms with Crippen molar-refractivity contribution in [1.82, 2.24) is 10.3 Å². The summed E-state index contributed by atoms with van der Waals surface area (Å²) in [5.74, 6) is -0.343. The second-order valence-electron chi connectivity index (χ2n) is 5.38. The first kappa shape index (κ1) is 14.6. The first-order valence-electron chi connectivity index (χ1n) is 7.11. The summed E-state index contributed by atoms with van der Waals surface area (Å²) in [6, 6.07) is 1.45. The number of nitrogens with two attached hydrogens (primary N) is 2. The minimum absolute atomic E-state index is 0.0110. The van der Waals surface area contributed by atoms with Crippen LogP contribution in [-0.4, -0.2) is 29.4 Å². The first-order valence-corrected chi connectivity index (χ1v) is 7.11. The van der Waals surface area contributed by atoms with Gasteiger partial charge in [0.15, 0.2) is 0 Å². The molecule has 1 aliphatic carbocycles. The van der Waals surface area contributed by atoms with Gasteiger partial charge in [0.05, 0.1) is 5.56 Å². The Morgan fingerprint density at radius 3 is 2.60 bits per heavy atom. The Bertz CT molecular complexity index is 477. The largest absolute Gasteiger partial charge is 0.366 e. The zero-order valence-corrected chi connectivity index (χ0v) is 11.5. The Kier molecular flexibility index (Phi) is 4.79. The topological polar surface area (TPSA) is 114 Å². The molecular formula is C14H22N4O2. The van der Waals surface area contributed by atoms with Crippen molar-refractivity contribution in [3.05, 3.63) is 23.5 Å². The van der Waals surface area contributed by atoms with Gasteiger partial charge in [-0.2, -0.15) is 0 Å². The summed E-state index contributed by atoms with van der Waals surface area (Å²) < 4.78 is 0. The SMILES string of the molecule is NCC(NC(=O)c1cc(C(N)=O)c[nH]1)C1CCCCC1. The molecular weight excluding hydrogens is 256 g/mol. The fraction of sp³-hybridized carbons (Fsp3) is 0.571. The third-order valence-electron chi connectivity index (χ3n) is 4.00. The smallest absolute Gasteiger partial charge is 0.267 e. The molecule has 1 aromatic heterocycles. The second kappa shape index (κ2) is 6.56. The lowest BCUT2D eigenvalue weighted by atomic mass is 9.84. The third-order valence-corrected chi connectivity index (χ3v) is 4.00. The molecule has 1 aliphatic rings. The molecule has 0 aromatic carbocycles. The van der Waals surface area contributed by atoms with Crippen molar-refractivity contribution >= 4 is 11.8 Å². The number of hydrogen-bond donors (Lipinski definition) is 4. The monoisotopic (exact) mass is 278 g/mol. The lowest BCUT2D eigenvalue weighted by Crippen LogP contribution is -2.46. The number of aromatic amines is 1. The molecule has 0 radical (unpaired) electrons. The summed E-state index contributed by atoms with van der Waals surface area (Å²) in [6.07, 6.45) is 7.32. The number of rotatable bonds is 5. The van der Waals surface area contributed by atoms with Crippen LogP contribution in [0.4, 0.5) is 0 Å². The molecule has 0 saturated heterocycles. The highest BCUT2D eigenvalue weighted by atomic mass is 16.2. The van der Waals surface area contributed by atoms with E-state index in [1.807, 2.05) is 0 Å². The number of nitrogens with one attached hydrogen (secondary N) is 2. The Morgan fingerprint density at radius 2 is 2.05 bits per heavy atom. The molecule has 1 atom stereocenters. The highest BCUT2D eigenvalue weighted by Crippen LogP contribution is 2.26. The van der Waals surface area contributed by atoms with E-state index in [0.29, 0.717) is 23.7 Å². The summed E-state index contributed by atoms with van der Waals surface area (Å²) in [5.41, 5.74) is 11.6. The molecule has 1 unspecified atom stereocenters. The van der Waals surface area contributed by atoms with E-state index < -0.39 is 5.91 Å². The number of carbonyl (C=O) groups is 2. The zero-order chi connectivity index (χ0) is 14.5. The van der Waals surface area contributed by atoms with Gasteiger partial charge in [-0.15, -0.1) is 0 Å². The van der Waals surface area contributed by atoms with Crippen molar-refractivity contribution in [3.63, 3.8) is 0 Å². The van der Waals surface area contributed by atoms with Crippen LogP contribution in [-0.2, 0) is 0 Å². The van der Waals surface area contributed by atoms with Gasteiger partial charge in [0.1, 0.15) is 5.69 Å². The second-order valence-corrected chi connectivity index (χ2v) is 5.38. The van der Waals surface area contributed by atoms with Gasteiger partial charge in [-0.05, 0) is 24.8 Å². The number of hydrogen-bond acceptors (Lipinski definition) is 3. The van der Waals surface area contributed by atoms with Gasteiger partial charge in [-0.3, -0.25) is 9.59 Å². The van der Waals surface area contributed by atoms with Crippen molar-refractivity contribution in [2.45, 2.75) is 38.1 Å². The van der Waals surface area contributed by atoms with Gasteiger partial charge >= 0.3 is 0 Å². The maximum absolute atomic E-state index is 12.1. The van der Waals surface area contributed by atoms with E-state index in [1.54, 1.807) is 0 Å². The van der Waals surface area contributed by atoms with Crippen molar-refractivity contribution in [1.29, 1.82) is 0 Å². The summed E-state index contributed by atoms with van der Waals surface area (Å²) in [6.45, 7) is 0.430. The molecule has 1 saturated carbocycles. The summed E-state index contributed by atoms with van der Waals surface area (Å²) >= 11 is 0. The van der Waals surface area contributed by atoms with Gasteiger partial charge < -0.3 is 21.8 Å². The predicted octanol–water partition coefficient (Wildman–Crippen LogP) is 0.751. The van der Waals surface area contributed by atoms with Gasteiger partial charge in [-0.25, -0.2) is 0 Å². The Hall–Kier alpha value is -1.82. The molecule has 1 fully saturated rings. The van der Waals surface area contributed by atoms with Gasteiger partial charge in [0.2, 0.25) is 5.91 Å². The van der Waals surface area contributed by atoms with Crippen LogP contribution in [0.15, 0.2) is 12.3 Å². The maximum atomic E-state index is 12.1. The number of primary amides is 1. The molecule has 1 aromatic rings. The van der Waals surface area contributed by atoms with Crippen molar-refractivity contribution in [2.75, 3.05) is 6.54 Å². The average molecular weight is 278 g/mol. The lowest BCUT2D eigenvalue weighted by molar-refractivity contribution is 0.0911. The van der Waals surface area contributed by atoms with Crippen LogP contribution in [0.5, 0.6) is 0 Å². The molecule has 6 N–H and O–H groups in total. The van der Waals surface area contributed by atoms with E-state index >= 15 is 0 Å². The van der Waals surface area contributed by atoms with E-state index in [1.165, 1.54) is 31.5 Å². The van der Waals surface area contributed by atoms with Crippen LogP contribution < -0.4 is 16.8 Å². The average Bonchev–Trinajstić information content (AvgIpc) is 2.95. The third kappa shape index (κ3) is 3.39. The molecule has 110 valence electrons. The van der Waals surface area contributed by atoms with Gasteiger partial charge in [0, 0.05) is 18.8 Å². The minimum atomic E-state index is -0.553. The highest BCUT2D eigenvalue weighted by molar-refractivity contribution is 5.98. The van der Waals surface area contributed by atoms with E-state index in [4.69, 9.17) is 11.5 Å². The van der Waals surface area contributed by atoms with Crippen LogP contribution in [0.1, 0.15) is 53.0 Å². The van der Waals surface area contributed by atoms with Crippen molar-refractivity contribution in [2.24, 2.45) is 17.4 Å². The van der Waals surface area contributed by atoms with Crippen LogP contribution in [0.3, 0.4) is 0 Å². The quantitative estimate of drug-likeness (QED) is 0.637. The highest BCUT2D eigenvalue weighted by Gasteiger charge is 2.24. The molecule has 2 amide bonds. The normalized spacial score (nSPS) is 17.6. The summed E-state index contributed by atoms with van der Waals surface area (Å²) in [4.78, 5) is 25.9. The lowest BCUT2D eigenvalue weighted by Gasteiger charge is -2.29. The molecule has 0 aliphatic heterocycles. The summed E-state index contributed by atoms with van der Waals surface area (Å²) in [5, 5.41) is 2.96. The van der Waals surface area contributed by atoms with Crippen LogP contribution in [0.25, 0.3) is 0 Å². The molecule has 2 rings (SSSR count). The number of amides is 2. The van der Waals surface area contributed by atoms with Crippen molar-refractivity contribution in [3.8, 4) is 0 Å². The van der Waals surface area contributed by atoms with E-state index in [-0.39, 0.29) is 11.9 Å². The van der Waals surface area contributed by atoms with E-state index in [2.05, 4.69) is 10.3 Å². The standard InChI is InChI=1S/C14H22N4O2/c15-7-12(9-4-2-1-3-5-9)18-14(20)11-6-10(8-17-11)13(16)19/h6,8-9,12,17H,1-5,7,15H2,(H2,16,19)(H,18,20). The molecule has 20 heavy (non-hydrogen) atoms. The molecule has 0 bridgehead atoms. The Morgan fingerprint density at radius 1 is 1.35 bits per heavy atom. The van der Waals surface area contributed by atoms with E-state index in [0.717, 1.165) is 12.8 Å². The molecule has 0 spiro atoms.